The second-order valence-electron chi connectivity index (χ2n) is 6.89. The molecule has 0 bridgehead atoms. The normalized spacial score (nSPS) is 17.1. The van der Waals surface area contributed by atoms with Gasteiger partial charge in [0.1, 0.15) is 5.75 Å². The first-order valence-corrected chi connectivity index (χ1v) is 9.95. The highest BCUT2D eigenvalue weighted by Gasteiger charge is 2.28. The molecule has 1 aromatic carbocycles. The first-order chi connectivity index (χ1) is 14.1. The zero-order valence-corrected chi connectivity index (χ0v) is 17.3. The first-order valence-electron chi connectivity index (χ1n) is 9.95. The van der Waals surface area contributed by atoms with Gasteiger partial charge < -0.3 is 19.7 Å². The number of esters is 1. The number of hydrogen-bond acceptors (Lipinski definition) is 5. The maximum Gasteiger partial charge on any atom is 0.310 e. The molecule has 1 saturated heterocycles. The summed E-state index contributed by atoms with van der Waals surface area (Å²) in [5, 5.41) is 7.98. The number of aromatic nitrogens is 2. The van der Waals surface area contributed by atoms with Crippen molar-refractivity contribution in [3.63, 3.8) is 0 Å². The van der Waals surface area contributed by atoms with Gasteiger partial charge in [-0.25, -0.2) is 4.68 Å². The Hall–Kier alpha value is -3.03. The van der Waals surface area contributed by atoms with E-state index in [0.717, 1.165) is 42.5 Å². The first kappa shape index (κ1) is 20.7. The number of methoxy groups -OCH3 is 1. The summed E-state index contributed by atoms with van der Waals surface area (Å²) in [5.74, 6) is 1.37. The molecule has 1 atom stereocenters. The van der Waals surface area contributed by atoms with Crippen LogP contribution in [0, 0.1) is 5.92 Å². The molecule has 1 unspecified atom stereocenters. The topological polar surface area (TPSA) is 81.0 Å². The number of rotatable bonds is 6. The molecule has 1 aliphatic rings. The molecule has 1 aromatic heterocycles. The predicted octanol–water partition coefficient (Wildman–Crippen LogP) is 2.23. The van der Waals surface area contributed by atoms with Crippen LogP contribution in [0.25, 0.3) is 5.69 Å². The molecule has 29 heavy (non-hydrogen) atoms. The highest BCUT2D eigenvalue weighted by atomic mass is 16.5. The second-order valence-corrected chi connectivity index (χ2v) is 6.89. The molecule has 0 radical (unpaired) electrons. The molecule has 8 heteroatoms. The summed E-state index contributed by atoms with van der Waals surface area (Å²) in [6, 6.07) is 9.72. The predicted molar refractivity (Wildman–Crippen MR) is 111 cm³/mol. The Balaban J connectivity index is 1.58. The van der Waals surface area contributed by atoms with E-state index >= 15 is 0 Å². The third-order valence-electron chi connectivity index (χ3n) is 4.96. The van der Waals surface area contributed by atoms with Crippen molar-refractivity contribution >= 4 is 11.9 Å². The quantitative estimate of drug-likeness (QED) is 0.456. The minimum absolute atomic E-state index is 0.100. The number of piperidine rings is 1. The smallest absolute Gasteiger partial charge is 0.310 e. The lowest BCUT2D eigenvalue weighted by Gasteiger charge is -2.33. The molecule has 2 heterocycles. The number of hydrogen-bond donors (Lipinski definition) is 1. The van der Waals surface area contributed by atoms with Gasteiger partial charge in [0.15, 0.2) is 5.96 Å². The van der Waals surface area contributed by atoms with E-state index in [0.29, 0.717) is 19.7 Å². The summed E-state index contributed by atoms with van der Waals surface area (Å²) < 4.78 is 12.2. The summed E-state index contributed by atoms with van der Waals surface area (Å²) >= 11 is 0. The number of carbonyl (C=O) groups is 1. The molecule has 0 aliphatic carbocycles. The molecule has 0 spiro atoms. The average Bonchev–Trinajstić information content (AvgIpc) is 3.24. The number of guanidine groups is 1. The van der Waals surface area contributed by atoms with Crippen LogP contribution in [0.4, 0.5) is 0 Å². The van der Waals surface area contributed by atoms with Crippen LogP contribution in [-0.2, 0) is 16.1 Å². The van der Waals surface area contributed by atoms with E-state index in [1.165, 1.54) is 0 Å². The fourth-order valence-corrected chi connectivity index (χ4v) is 3.46. The van der Waals surface area contributed by atoms with Crippen molar-refractivity contribution in [2.24, 2.45) is 10.9 Å². The fourth-order valence-electron chi connectivity index (χ4n) is 3.46. The van der Waals surface area contributed by atoms with Gasteiger partial charge in [-0.3, -0.25) is 9.79 Å². The van der Waals surface area contributed by atoms with Gasteiger partial charge in [-0.2, -0.15) is 5.10 Å². The number of ether oxygens (including phenoxy) is 2. The minimum Gasteiger partial charge on any atom is -0.497 e. The summed E-state index contributed by atoms with van der Waals surface area (Å²) in [5.41, 5.74) is 1.87. The van der Waals surface area contributed by atoms with Crippen LogP contribution < -0.4 is 10.1 Å². The zero-order chi connectivity index (χ0) is 20.6. The number of likely N-dealkylation sites (tertiary alicyclic amines) is 1. The number of carbonyl (C=O) groups excluding carboxylic acids is 1. The lowest BCUT2D eigenvalue weighted by atomic mass is 9.98. The molecular formula is C21H29N5O3. The molecule has 0 amide bonds. The van der Waals surface area contributed by atoms with Crippen LogP contribution in [0.5, 0.6) is 5.75 Å². The molecule has 8 nitrogen and oxygen atoms in total. The van der Waals surface area contributed by atoms with Gasteiger partial charge in [-0.15, -0.1) is 0 Å². The van der Waals surface area contributed by atoms with Crippen LogP contribution in [0.2, 0.25) is 0 Å². The van der Waals surface area contributed by atoms with Gasteiger partial charge in [0, 0.05) is 26.3 Å². The molecule has 1 aliphatic heterocycles. The Morgan fingerprint density at radius 1 is 1.31 bits per heavy atom. The SMILES string of the molecule is CCOC(=O)C1CCCN(C(=NC)NCc2ccn(-c3ccc(OC)cc3)n2)C1. The molecular weight excluding hydrogens is 370 g/mol. The van der Waals surface area contributed by atoms with Crippen molar-refractivity contribution in [2.45, 2.75) is 26.3 Å². The van der Waals surface area contributed by atoms with Gasteiger partial charge in [0.2, 0.25) is 0 Å². The van der Waals surface area contributed by atoms with Crippen molar-refractivity contribution in [1.29, 1.82) is 0 Å². The third kappa shape index (κ3) is 5.28. The second kappa shape index (κ2) is 9.95. The molecule has 1 N–H and O–H groups in total. The maximum absolute atomic E-state index is 12.1. The van der Waals surface area contributed by atoms with Crippen LogP contribution in [0.15, 0.2) is 41.5 Å². The van der Waals surface area contributed by atoms with E-state index in [9.17, 15) is 4.79 Å². The Labute approximate surface area is 171 Å². The summed E-state index contributed by atoms with van der Waals surface area (Å²) in [6.45, 7) is 4.30. The van der Waals surface area contributed by atoms with E-state index in [-0.39, 0.29) is 11.9 Å². The minimum atomic E-state index is -0.120. The Bertz CT molecular complexity index is 831. The summed E-state index contributed by atoms with van der Waals surface area (Å²) in [7, 11) is 3.41. The maximum atomic E-state index is 12.1. The van der Waals surface area contributed by atoms with E-state index in [1.54, 1.807) is 14.2 Å². The van der Waals surface area contributed by atoms with E-state index in [1.807, 2.05) is 48.1 Å². The van der Waals surface area contributed by atoms with Gasteiger partial charge >= 0.3 is 5.97 Å². The summed E-state index contributed by atoms with van der Waals surface area (Å²) in [6.07, 6.45) is 3.73. The van der Waals surface area contributed by atoms with Crippen molar-refractivity contribution < 1.29 is 14.3 Å². The lowest BCUT2D eigenvalue weighted by molar-refractivity contribution is -0.149. The van der Waals surface area contributed by atoms with Crippen LogP contribution in [0.1, 0.15) is 25.5 Å². The van der Waals surface area contributed by atoms with E-state index < -0.39 is 0 Å². The molecule has 1 fully saturated rings. The van der Waals surface area contributed by atoms with Gasteiger partial charge in [0.05, 0.1) is 37.6 Å². The molecule has 0 saturated carbocycles. The van der Waals surface area contributed by atoms with Crippen LogP contribution in [-0.4, -0.2) is 60.5 Å². The highest BCUT2D eigenvalue weighted by molar-refractivity contribution is 5.81. The fraction of sp³-hybridized carbons (Fsp3) is 0.476. The molecule has 156 valence electrons. The Morgan fingerprint density at radius 2 is 2.10 bits per heavy atom. The van der Waals surface area contributed by atoms with E-state index in [4.69, 9.17) is 9.47 Å². The van der Waals surface area contributed by atoms with Crippen LogP contribution >= 0.6 is 0 Å². The summed E-state index contributed by atoms with van der Waals surface area (Å²) in [4.78, 5) is 18.6. The largest absolute Gasteiger partial charge is 0.497 e. The monoisotopic (exact) mass is 399 g/mol. The van der Waals surface area contributed by atoms with Crippen molar-refractivity contribution in [2.75, 3.05) is 33.9 Å². The van der Waals surface area contributed by atoms with Gasteiger partial charge in [-0.05, 0) is 50.1 Å². The lowest BCUT2D eigenvalue weighted by Crippen LogP contribution is -2.48. The van der Waals surface area contributed by atoms with Crippen molar-refractivity contribution in [3.8, 4) is 11.4 Å². The highest BCUT2D eigenvalue weighted by Crippen LogP contribution is 2.18. The molecule has 3 rings (SSSR count). The third-order valence-corrected chi connectivity index (χ3v) is 4.96. The zero-order valence-electron chi connectivity index (χ0n) is 17.3. The average molecular weight is 399 g/mol. The van der Waals surface area contributed by atoms with E-state index in [2.05, 4.69) is 20.3 Å². The number of aliphatic imine (C=N–C) groups is 1. The Morgan fingerprint density at radius 3 is 2.79 bits per heavy atom. The Kier molecular flexibility index (Phi) is 7.10. The van der Waals surface area contributed by atoms with Gasteiger partial charge in [-0.1, -0.05) is 0 Å². The molecule has 2 aromatic rings. The number of nitrogens with zero attached hydrogens (tertiary/aromatic N) is 4. The van der Waals surface area contributed by atoms with Crippen molar-refractivity contribution in [3.05, 3.63) is 42.2 Å². The van der Waals surface area contributed by atoms with Crippen molar-refractivity contribution in [1.82, 2.24) is 20.0 Å². The van der Waals surface area contributed by atoms with Crippen LogP contribution in [0.3, 0.4) is 0 Å². The number of nitrogens with one attached hydrogen (secondary N) is 1. The number of benzene rings is 1. The van der Waals surface area contributed by atoms with Gasteiger partial charge in [0.25, 0.3) is 0 Å². The standard InChI is InChI=1S/C21H29N5O3/c1-4-29-20(27)16-6-5-12-25(15-16)21(22-2)23-14-17-11-13-26(24-17)18-7-9-19(28-3)10-8-18/h7-11,13,16H,4-6,12,14-15H2,1-3H3,(H,22,23).